The van der Waals surface area contributed by atoms with Crippen LogP contribution in [-0.2, 0) is 11.3 Å². The van der Waals surface area contributed by atoms with Crippen molar-refractivity contribution >= 4 is 17.6 Å². The van der Waals surface area contributed by atoms with E-state index >= 15 is 0 Å². The van der Waals surface area contributed by atoms with Gasteiger partial charge in [-0.15, -0.1) is 0 Å². The van der Waals surface area contributed by atoms with Gasteiger partial charge in [0.1, 0.15) is 5.75 Å². The van der Waals surface area contributed by atoms with Crippen molar-refractivity contribution < 1.29 is 14.3 Å². The van der Waals surface area contributed by atoms with Crippen molar-refractivity contribution in [1.82, 2.24) is 15.6 Å². The number of hydrogen-bond donors (Lipinski definition) is 2. The Hall–Kier alpha value is -3.09. The lowest BCUT2D eigenvalue weighted by Crippen LogP contribution is -2.43. The molecule has 0 aliphatic carbocycles. The molecule has 2 aromatic rings. The minimum absolute atomic E-state index is 0.0100. The van der Waals surface area contributed by atoms with E-state index in [4.69, 9.17) is 4.74 Å². The molecule has 2 N–H and O–H groups in total. The minimum Gasteiger partial charge on any atom is -0.494 e. The molecular weight excluding hydrogens is 332 g/mol. The van der Waals surface area contributed by atoms with Crippen molar-refractivity contribution in [3.05, 3.63) is 54.4 Å². The van der Waals surface area contributed by atoms with Gasteiger partial charge in [0.2, 0.25) is 5.91 Å². The molecule has 7 heteroatoms. The number of carbonyl (C=O) groups excluding carboxylic acids is 2. The van der Waals surface area contributed by atoms with Gasteiger partial charge in [-0.05, 0) is 43.3 Å². The van der Waals surface area contributed by atoms with E-state index in [1.807, 2.05) is 49.4 Å². The Morgan fingerprint density at radius 2 is 2.08 bits per heavy atom. The number of nitrogens with zero attached hydrogens (tertiary/aromatic N) is 2. The van der Waals surface area contributed by atoms with Crippen molar-refractivity contribution in [2.24, 2.45) is 0 Å². The van der Waals surface area contributed by atoms with Crippen molar-refractivity contribution in [2.45, 2.75) is 25.9 Å². The van der Waals surface area contributed by atoms with E-state index in [0.29, 0.717) is 19.7 Å². The van der Waals surface area contributed by atoms with Crippen LogP contribution in [0.25, 0.3) is 0 Å². The number of hydrogen-bond acceptors (Lipinski definition) is 4. The first-order valence-electron chi connectivity index (χ1n) is 8.63. The molecule has 1 atom stereocenters. The Kier molecular flexibility index (Phi) is 5.68. The number of amides is 3. The number of ether oxygens (including phenoxy) is 1. The van der Waals surface area contributed by atoms with E-state index in [9.17, 15) is 9.59 Å². The molecule has 0 spiro atoms. The normalized spacial score (nSPS) is 16.4. The highest BCUT2D eigenvalue weighted by Crippen LogP contribution is 2.24. The standard InChI is InChI=1S/C19H22N4O3/c1-2-26-17-8-6-16(7-9-17)23-13-15(11-18(23)24)22-19(25)21-12-14-5-3-4-10-20-14/h3-10,15H,2,11-13H2,1H3,(H2,21,22,25)/t15-/m0/s1. The zero-order valence-corrected chi connectivity index (χ0v) is 14.6. The molecular formula is C19H22N4O3. The fraction of sp³-hybridized carbons (Fsp3) is 0.316. The van der Waals surface area contributed by atoms with Crippen molar-refractivity contribution in [1.29, 1.82) is 0 Å². The number of urea groups is 1. The lowest BCUT2D eigenvalue weighted by Gasteiger charge is -2.18. The maximum absolute atomic E-state index is 12.3. The number of benzene rings is 1. The third-order valence-corrected chi connectivity index (χ3v) is 4.08. The second kappa shape index (κ2) is 8.33. The summed E-state index contributed by atoms with van der Waals surface area (Å²) in [5.74, 6) is 0.760. The van der Waals surface area contributed by atoms with E-state index in [1.54, 1.807) is 11.1 Å². The molecule has 2 heterocycles. The number of anilines is 1. The van der Waals surface area contributed by atoms with Crippen LogP contribution in [0.5, 0.6) is 5.75 Å². The quantitative estimate of drug-likeness (QED) is 0.832. The van der Waals surface area contributed by atoms with E-state index in [0.717, 1.165) is 17.1 Å². The summed E-state index contributed by atoms with van der Waals surface area (Å²) in [4.78, 5) is 30.1. The van der Waals surface area contributed by atoms with Gasteiger partial charge in [0, 0.05) is 24.8 Å². The molecule has 0 unspecified atom stereocenters. The van der Waals surface area contributed by atoms with Crippen LogP contribution in [0.1, 0.15) is 19.0 Å². The lowest BCUT2D eigenvalue weighted by atomic mass is 10.2. The van der Waals surface area contributed by atoms with Gasteiger partial charge in [-0.3, -0.25) is 9.78 Å². The molecule has 0 saturated carbocycles. The monoisotopic (exact) mass is 354 g/mol. The molecule has 7 nitrogen and oxygen atoms in total. The fourth-order valence-corrected chi connectivity index (χ4v) is 2.85. The first-order valence-corrected chi connectivity index (χ1v) is 8.63. The Morgan fingerprint density at radius 3 is 2.77 bits per heavy atom. The van der Waals surface area contributed by atoms with Crippen molar-refractivity contribution in [2.75, 3.05) is 18.1 Å². The van der Waals surface area contributed by atoms with Gasteiger partial charge in [-0.25, -0.2) is 4.79 Å². The predicted molar refractivity (Wildman–Crippen MR) is 98.0 cm³/mol. The Morgan fingerprint density at radius 1 is 1.27 bits per heavy atom. The molecule has 1 aliphatic rings. The van der Waals surface area contributed by atoms with Gasteiger partial charge < -0.3 is 20.3 Å². The molecule has 1 aromatic carbocycles. The lowest BCUT2D eigenvalue weighted by molar-refractivity contribution is -0.117. The van der Waals surface area contributed by atoms with Crippen molar-refractivity contribution in [3.63, 3.8) is 0 Å². The topological polar surface area (TPSA) is 83.6 Å². The van der Waals surface area contributed by atoms with Crippen LogP contribution < -0.4 is 20.3 Å². The molecule has 0 bridgehead atoms. The molecule has 3 amide bonds. The largest absolute Gasteiger partial charge is 0.494 e. The third kappa shape index (κ3) is 4.50. The van der Waals surface area contributed by atoms with Gasteiger partial charge in [0.15, 0.2) is 0 Å². The number of nitrogens with one attached hydrogen (secondary N) is 2. The van der Waals surface area contributed by atoms with Gasteiger partial charge in [-0.2, -0.15) is 0 Å². The molecule has 1 aromatic heterocycles. The summed E-state index contributed by atoms with van der Waals surface area (Å²) in [6, 6.07) is 12.4. The van der Waals surface area contributed by atoms with Gasteiger partial charge in [-0.1, -0.05) is 6.07 Å². The summed E-state index contributed by atoms with van der Waals surface area (Å²) < 4.78 is 5.41. The molecule has 1 fully saturated rings. The van der Waals surface area contributed by atoms with Gasteiger partial charge in [0.05, 0.1) is 24.9 Å². The Bertz CT molecular complexity index is 749. The SMILES string of the molecule is CCOc1ccc(N2C[C@@H](NC(=O)NCc3ccccn3)CC2=O)cc1. The summed E-state index contributed by atoms with van der Waals surface area (Å²) in [7, 11) is 0. The van der Waals surface area contributed by atoms with Gasteiger partial charge >= 0.3 is 6.03 Å². The van der Waals surface area contributed by atoms with E-state index in [1.165, 1.54) is 0 Å². The average Bonchev–Trinajstić information content (AvgIpc) is 3.02. The van der Waals surface area contributed by atoms with Crippen LogP contribution in [0.3, 0.4) is 0 Å². The fourth-order valence-electron chi connectivity index (χ4n) is 2.85. The van der Waals surface area contributed by atoms with Crippen molar-refractivity contribution in [3.8, 4) is 5.75 Å². The van der Waals surface area contributed by atoms with Gasteiger partial charge in [0.25, 0.3) is 0 Å². The van der Waals surface area contributed by atoms with Crippen LogP contribution in [-0.4, -0.2) is 36.1 Å². The summed E-state index contributed by atoms with van der Waals surface area (Å²) in [5, 5.41) is 5.60. The smallest absolute Gasteiger partial charge is 0.315 e. The minimum atomic E-state index is -0.304. The van der Waals surface area contributed by atoms with E-state index < -0.39 is 0 Å². The third-order valence-electron chi connectivity index (χ3n) is 4.08. The second-order valence-corrected chi connectivity index (χ2v) is 5.98. The molecule has 136 valence electrons. The van der Waals surface area contributed by atoms with Crippen LogP contribution in [0.15, 0.2) is 48.7 Å². The van der Waals surface area contributed by atoms with Crippen LogP contribution in [0, 0.1) is 0 Å². The highest BCUT2D eigenvalue weighted by Gasteiger charge is 2.31. The molecule has 0 radical (unpaired) electrons. The average molecular weight is 354 g/mol. The Balaban J connectivity index is 1.51. The van der Waals surface area contributed by atoms with Crippen LogP contribution in [0.4, 0.5) is 10.5 Å². The van der Waals surface area contributed by atoms with Crippen LogP contribution >= 0.6 is 0 Å². The number of rotatable bonds is 6. The molecule has 1 saturated heterocycles. The highest BCUT2D eigenvalue weighted by atomic mass is 16.5. The summed E-state index contributed by atoms with van der Waals surface area (Å²) in [6.07, 6.45) is 1.96. The zero-order valence-electron chi connectivity index (χ0n) is 14.6. The maximum atomic E-state index is 12.3. The van der Waals surface area contributed by atoms with Crippen LogP contribution in [0.2, 0.25) is 0 Å². The number of pyridine rings is 1. The maximum Gasteiger partial charge on any atom is 0.315 e. The summed E-state index contributed by atoms with van der Waals surface area (Å²) in [6.45, 7) is 3.31. The summed E-state index contributed by atoms with van der Waals surface area (Å²) in [5.41, 5.74) is 1.58. The summed E-state index contributed by atoms with van der Waals surface area (Å²) >= 11 is 0. The second-order valence-electron chi connectivity index (χ2n) is 5.98. The molecule has 3 rings (SSSR count). The van der Waals surface area contributed by atoms with E-state index in [2.05, 4.69) is 15.6 Å². The Labute approximate surface area is 152 Å². The molecule has 26 heavy (non-hydrogen) atoms. The predicted octanol–water partition coefficient (Wildman–Crippen LogP) is 2.08. The first kappa shape index (κ1) is 17.7. The zero-order chi connectivity index (χ0) is 18.4. The number of aromatic nitrogens is 1. The number of carbonyl (C=O) groups is 2. The highest BCUT2D eigenvalue weighted by molar-refractivity contribution is 5.96. The molecule has 1 aliphatic heterocycles. The van der Waals surface area contributed by atoms with E-state index in [-0.39, 0.29) is 24.4 Å². The first-order chi connectivity index (χ1) is 12.7.